The van der Waals surface area contributed by atoms with Crippen molar-refractivity contribution in [1.29, 1.82) is 0 Å². The lowest BCUT2D eigenvalue weighted by atomic mass is 9.96. The van der Waals surface area contributed by atoms with Gasteiger partial charge in [0.15, 0.2) is 14.3 Å². The van der Waals surface area contributed by atoms with Crippen LogP contribution in [0.1, 0.15) is 38.2 Å². The van der Waals surface area contributed by atoms with E-state index >= 15 is 0 Å². The van der Waals surface area contributed by atoms with Gasteiger partial charge in [-0.15, -0.1) is 0 Å². The monoisotopic (exact) mass is 437 g/mol. The molecule has 0 N–H and O–H groups in total. The maximum Gasteiger partial charge on any atom is 0.271 e. The summed E-state index contributed by atoms with van der Waals surface area (Å²) in [5.74, 6) is 2.44. The molecule has 9 nitrogen and oxygen atoms in total. The molecular formula is C15H24BN9S3-. The fourth-order valence-corrected chi connectivity index (χ4v) is 4.59. The van der Waals surface area contributed by atoms with E-state index in [9.17, 15) is 0 Å². The van der Waals surface area contributed by atoms with Gasteiger partial charge in [0.25, 0.3) is 7.12 Å². The van der Waals surface area contributed by atoms with E-state index < -0.39 is 7.12 Å². The quantitative estimate of drug-likeness (QED) is 0.437. The van der Waals surface area contributed by atoms with Crippen molar-refractivity contribution < 1.29 is 0 Å². The summed E-state index contributed by atoms with van der Waals surface area (Å²) < 4.78 is 12.8. The van der Waals surface area contributed by atoms with Crippen LogP contribution < -0.4 is 0 Å². The molecule has 0 fully saturated rings. The number of nitrogens with zero attached hydrogens (tertiary/aromatic N) is 9. The molecule has 0 aliphatic heterocycles. The molecule has 3 rings (SSSR count). The van der Waals surface area contributed by atoms with Crippen molar-refractivity contribution in [1.82, 2.24) is 42.8 Å². The predicted octanol–water partition coefficient (Wildman–Crippen LogP) is 2.78. The van der Waals surface area contributed by atoms with Gasteiger partial charge in [-0.05, 0) is 78.2 Å². The molecule has 0 bridgehead atoms. The molecule has 13 heteroatoms. The lowest BCUT2D eigenvalue weighted by molar-refractivity contribution is 0.700. The van der Waals surface area contributed by atoms with Crippen LogP contribution >= 0.6 is 36.7 Å². The predicted molar refractivity (Wildman–Crippen MR) is 116 cm³/mol. The van der Waals surface area contributed by atoms with E-state index in [0.717, 1.165) is 37.1 Å². The summed E-state index contributed by atoms with van der Waals surface area (Å²) in [7, 11) is -0.614. The standard InChI is InChI=1S/C15H24BN9S3/c1-7-20-10(4)17-23(13(20)26)16(24-14(27)21(8-2)11(5)18-24)25-15(28)22(9-3)12(6)19-25/h7-9H2,1-6H3/q-1. The summed E-state index contributed by atoms with van der Waals surface area (Å²) in [6, 6.07) is 0. The molecule has 0 amide bonds. The Balaban J connectivity index is 2.38. The molecule has 0 unspecified atom stereocenters. The average molecular weight is 437 g/mol. The third kappa shape index (κ3) is 3.14. The van der Waals surface area contributed by atoms with Crippen molar-refractivity contribution in [3.8, 4) is 0 Å². The Hall–Kier alpha value is -1.86. The number of hydrogen-bond acceptors (Lipinski definition) is 6. The summed E-state index contributed by atoms with van der Waals surface area (Å²) >= 11 is 17.1. The van der Waals surface area contributed by atoms with Gasteiger partial charge in [-0.3, -0.25) is 0 Å². The largest absolute Gasteiger partial charge is 0.395 e. The number of rotatable bonds is 6. The molecule has 0 atom stereocenters. The second-order valence-electron chi connectivity index (χ2n) is 6.40. The molecule has 3 heterocycles. The number of hydrogen-bond donors (Lipinski definition) is 0. The van der Waals surface area contributed by atoms with Crippen LogP contribution in [0.25, 0.3) is 0 Å². The van der Waals surface area contributed by atoms with Gasteiger partial charge in [0.1, 0.15) is 17.5 Å². The van der Waals surface area contributed by atoms with Crippen molar-refractivity contribution in [2.75, 3.05) is 0 Å². The van der Waals surface area contributed by atoms with Gasteiger partial charge in [-0.2, -0.15) is 15.3 Å². The van der Waals surface area contributed by atoms with Gasteiger partial charge < -0.3 is 27.5 Å². The highest BCUT2D eigenvalue weighted by molar-refractivity contribution is 7.71. The maximum absolute atomic E-state index is 5.71. The first-order valence-corrected chi connectivity index (χ1v) is 10.5. The summed E-state index contributed by atoms with van der Waals surface area (Å²) in [5, 5.41) is 14.1. The molecule has 0 aromatic carbocycles. The fraction of sp³-hybridized carbons (Fsp3) is 0.600. The zero-order valence-electron chi connectivity index (χ0n) is 16.9. The molecule has 0 aliphatic carbocycles. The Morgan fingerprint density at radius 1 is 0.607 bits per heavy atom. The van der Waals surface area contributed by atoms with Crippen LogP contribution in [0.3, 0.4) is 0 Å². The van der Waals surface area contributed by atoms with Crippen molar-refractivity contribution in [3.63, 3.8) is 0 Å². The molecular weight excluding hydrogens is 413 g/mol. The summed E-state index contributed by atoms with van der Waals surface area (Å²) in [6.45, 7) is 14.1. The smallest absolute Gasteiger partial charge is 0.271 e. The highest BCUT2D eigenvalue weighted by Gasteiger charge is 2.20. The molecule has 28 heavy (non-hydrogen) atoms. The van der Waals surface area contributed by atoms with Crippen molar-refractivity contribution in [2.45, 2.75) is 61.2 Å². The Kier molecular flexibility index (Phi) is 5.87. The van der Waals surface area contributed by atoms with Gasteiger partial charge in [-0.25, -0.2) is 0 Å². The lowest BCUT2D eigenvalue weighted by Gasteiger charge is -2.28. The van der Waals surface area contributed by atoms with Crippen LogP contribution in [0, 0.1) is 35.1 Å². The minimum absolute atomic E-state index is 0.571. The van der Waals surface area contributed by atoms with E-state index in [2.05, 4.69) is 15.3 Å². The Labute approximate surface area is 179 Å². The van der Waals surface area contributed by atoms with Gasteiger partial charge >= 0.3 is 0 Å². The average Bonchev–Trinajstić information content (AvgIpc) is 3.20. The Morgan fingerprint density at radius 3 is 1.04 bits per heavy atom. The topological polar surface area (TPSA) is 68.2 Å². The van der Waals surface area contributed by atoms with E-state index in [4.69, 9.17) is 36.7 Å². The first-order chi connectivity index (χ1) is 13.3. The lowest BCUT2D eigenvalue weighted by Crippen LogP contribution is -2.44. The Morgan fingerprint density at radius 2 is 0.857 bits per heavy atom. The molecule has 3 aromatic rings. The third-order valence-corrected chi connectivity index (χ3v) is 6.04. The van der Waals surface area contributed by atoms with Crippen LogP contribution in [0.4, 0.5) is 0 Å². The first-order valence-electron chi connectivity index (χ1n) is 9.24. The van der Waals surface area contributed by atoms with Crippen LogP contribution in [0.15, 0.2) is 0 Å². The van der Waals surface area contributed by atoms with Gasteiger partial charge in [-0.1, -0.05) is 0 Å². The molecule has 0 saturated heterocycles. The molecule has 0 saturated carbocycles. The SMILES string of the molecule is CCn1c(C)nn([B-](n2nc(C)n(CC)c2=S)n2nc(C)n(CC)c2=S)c1=S. The van der Waals surface area contributed by atoms with Crippen LogP contribution in [-0.4, -0.2) is 49.9 Å². The van der Waals surface area contributed by atoms with E-state index in [1.807, 2.05) is 55.2 Å². The molecule has 0 aliphatic rings. The number of aryl methyl sites for hydroxylation is 3. The van der Waals surface area contributed by atoms with E-state index in [1.54, 1.807) is 13.8 Å². The van der Waals surface area contributed by atoms with Gasteiger partial charge in [0.2, 0.25) is 0 Å². The number of aromatic nitrogens is 9. The summed E-state index contributed by atoms with van der Waals surface area (Å²) in [5.41, 5.74) is 0. The van der Waals surface area contributed by atoms with Gasteiger partial charge in [0, 0.05) is 19.6 Å². The minimum Gasteiger partial charge on any atom is -0.395 e. The van der Waals surface area contributed by atoms with E-state index in [0.29, 0.717) is 14.3 Å². The molecule has 1 radical (unpaired) electrons. The Bertz CT molecular complexity index is 1040. The zero-order valence-corrected chi connectivity index (χ0v) is 19.4. The summed E-state index contributed by atoms with van der Waals surface area (Å²) in [6.07, 6.45) is 0. The molecule has 3 aromatic heterocycles. The summed E-state index contributed by atoms with van der Waals surface area (Å²) in [4.78, 5) is 0. The second kappa shape index (κ2) is 7.87. The van der Waals surface area contributed by atoms with Crippen LogP contribution in [0.2, 0.25) is 0 Å². The van der Waals surface area contributed by atoms with Gasteiger partial charge in [0.05, 0.1) is 0 Å². The zero-order chi connectivity index (χ0) is 20.7. The molecule has 0 spiro atoms. The van der Waals surface area contributed by atoms with Crippen molar-refractivity contribution >= 4 is 43.8 Å². The second-order valence-corrected chi connectivity index (χ2v) is 7.50. The maximum atomic E-state index is 5.71. The normalized spacial score (nSPS) is 11.7. The van der Waals surface area contributed by atoms with Crippen molar-refractivity contribution in [3.05, 3.63) is 31.8 Å². The highest BCUT2D eigenvalue weighted by atomic mass is 32.1. The van der Waals surface area contributed by atoms with E-state index in [-0.39, 0.29) is 0 Å². The fourth-order valence-electron chi connectivity index (χ4n) is 3.40. The third-order valence-electron chi connectivity index (χ3n) is 4.81. The highest BCUT2D eigenvalue weighted by Crippen LogP contribution is 2.10. The van der Waals surface area contributed by atoms with E-state index in [1.165, 1.54) is 0 Å². The minimum atomic E-state index is -0.614. The first kappa shape index (κ1) is 20.9. The van der Waals surface area contributed by atoms with Crippen molar-refractivity contribution in [2.24, 2.45) is 0 Å². The molecule has 151 valence electrons. The van der Waals surface area contributed by atoms with Crippen LogP contribution in [-0.2, 0) is 19.6 Å². The van der Waals surface area contributed by atoms with Crippen LogP contribution in [0.5, 0.6) is 0 Å².